The molecule has 0 N–H and O–H groups in total. The summed E-state index contributed by atoms with van der Waals surface area (Å²) in [5, 5.41) is 0. The number of hydrogen-bond donors (Lipinski definition) is 0. The summed E-state index contributed by atoms with van der Waals surface area (Å²) < 4.78 is 0. The summed E-state index contributed by atoms with van der Waals surface area (Å²) in [5.41, 5.74) is 5.46. The van der Waals surface area contributed by atoms with Crippen molar-refractivity contribution in [1.82, 2.24) is 0 Å². The predicted octanol–water partition coefficient (Wildman–Crippen LogP) is 9.33. The summed E-state index contributed by atoms with van der Waals surface area (Å²) >= 11 is 0. The largest absolute Gasteiger partial charge is 0.269 e. The molecule has 0 heterocycles. The zero-order valence-corrected chi connectivity index (χ0v) is 24.4. The molecule has 0 aliphatic heterocycles. The molecule has 0 fully saturated rings. The van der Waals surface area contributed by atoms with Crippen LogP contribution in [0.25, 0.3) is 0 Å². The SMILES string of the molecule is CC(C)C1=[C-]CC=C1.CC(C)C1=[C-]CC=C1.CC(C)C1=[C-]CC=C1.CC(C)C1=[C-]CC=C1.[Nb]. The topological polar surface area (TPSA) is 0 Å². The van der Waals surface area contributed by atoms with Gasteiger partial charge in [0.1, 0.15) is 0 Å². The Balaban J connectivity index is 0.000000410. The van der Waals surface area contributed by atoms with Crippen LogP contribution in [0.2, 0.25) is 0 Å². The van der Waals surface area contributed by atoms with Crippen molar-refractivity contribution in [3.63, 3.8) is 0 Å². The first-order valence-corrected chi connectivity index (χ1v) is 12.3. The Morgan fingerprint density at radius 2 is 0.606 bits per heavy atom. The number of rotatable bonds is 4. The average molecular weight is 522 g/mol. The normalized spacial score (nSPS) is 17.1. The second kappa shape index (κ2) is 18.0. The van der Waals surface area contributed by atoms with Crippen molar-refractivity contribution in [2.75, 3.05) is 0 Å². The molecule has 33 heavy (non-hydrogen) atoms. The van der Waals surface area contributed by atoms with Crippen molar-refractivity contribution in [1.29, 1.82) is 0 Å². The summed E-state index contributed by atoms with van der Waals surface area (Å²) in [6.07, 6.45) is 34.4. The second-order valence-corrected chi connectivity index (χ2v) is 9.57. The summed E-state index contributed by atoms with van der Waals surface area (Å²) in [6.45, 7) is 17.5. The molecular formula is C32H44Nb-4. The van der Waals surface area contributed by atoms with E-state index in [0.29, 0.717) is 23.7 Å². The fraction of sp³-hybridized carbons (Fsp3) is 0.500. The predicted molar refractivity (Wildman–Crippen MR) is 141 cm³/mol. The van der Waals surface area contributed by atoms with Crippen LogP contribution in [0, 0.1) is 48.0 Å². The maximum absolute atomic E-state index is 3.26. The number of allylic oxidation sites excluding steroid dienone is 16. The third-order valence-electron chi connectivity index (χ3n) is 5.37. The van der Waals surface area contributed by atoms with Gasteiger partial charge in [-0.25, -0.2) is 46.6 Å². The molecule has 0 aromatic heterocycles. The van der Waals surface area contributed by atoms with Crippen LogP contribution in [-0.4, -0.2) is 0 Å². The smallest absolute Gasteiger partial charge is 0 e. The van der Waals surface area contributed by atoms with E-state index < -0.39 is 0 Å². The van der Waals surface area contributed by atoms with Crippen LogP contribution < -0.4 is 0 Å². The maximum atomic E-state index is 3.26. The van der Waals surface area contributed by atoms with Crippen LogP contribution in [0.1, 0.15) is 81.1 Å². The minimum absolute atomic E-state index is 0. The molecule has 4 aliphatic carbocycles. The van der Waals surface area contributed by atoms with Crippen LogP contribution in [0.5, 0.6) is 0 Å². The molecule has 0 nitrogen and oxygen atoms in total. The molecule has 0 aromatic carbocycles. The fourth-order valence-electron chi connectivity index (χ4n) is 3.27. The first-order chi connectivity index (χ1) is 15.2. The van der Waals surface area contributed by atoms with Crippen LogP contribution in [0.4, 0.5) is 0 Å². The third kappa shape index (κ3) is 13.8. The molecule has 1 heteroatoms. The molecule has 0 aromatic rings. The van der Waals surface area contributed by atoms with E-state index in [1.165, 1.54) is 22.3 Å². The molecule has 0 amide bonds. The van der Waals surface area contributed by atoms with Gasteiger partial charge in [-0.3, -0.25) is 24.3 Å². The van der Waals surface area contributed by atoms with Gasteiger partial charge < -0.3 is 0 Å². The van der Waals surface area contributed by atoms with Gasteiger partial charge in [0.15, 0.2) is 0 Å². The average Bonchev–Trinajstić information content (AvgIpc) is 3.56. The van der Waals surface area contributed by atoms with Gasteiger partial charge in [-0.05, 0) is 0 Å². The molecule has 181 valence electrons. The molecular weight excluding hydrogens is 477 g/mol. The van der Waals surface area contributed by atoms with E-state index >= 15 is 0 Å². The summed E-state index contributed by atoms with van der Waals surface area (Å²) in [7, 11) is 0. The third-order valence-corrected chi connectivity index (χ3v) is 5.37. The van der Waals surface area contributed by atoms with Gasteiger partial charge in [0.05, 0.1) is 0 Å². The van der Waals surface area contributed by atoms with E-state index in [9.17, 15) is 0 Å². The van der Waals surface area contributed by atoms with Gasteiger partial charge in [-0.15, -0.1) is 25.7 Å². The van der Waals surface area contributed by atoms with Crippen molar-refractivity contribution in [3.05, 3.63) is 95.2 Å². The Morgan fingerprint density at radius 1 is 0.424 bits per heavy atom. The zero-order chi connectivity index (χ0) is 23.9. The van der Waals surface area contributed by atoms with E-state index in [0.717, 1.165) is 25.7 Å². The first-order valence-electron chi connectivity index (χ1n) is 12.3. The van der Waals surface area contributed by atoms with E-state index in [-0.39, 0.29) is 22.4 Å². The van der Waals surface area contributed by atoms with Crippen molar-refractivity contribution in [3.8, 4) is 0 Å². The Labute approximate surface area is 221 Å². The van der Waals surface area contributed by atoms with Gasteiger partial charge in [-0.1, -0.05) is 79.1 Å². The van der Waals surface area contributed by atoms with Crippen LogP contribution >= 0.6 is 0 Å². The minimum atomic E-state index is 0. The van der Waals surface area contributed by atoms with E-state index in [4.69, 9.17) is 0 Å². The molecule has 4 aliphatic rings. The van der Waals surface area contributed by atoms with Crippen LogP contribution in [-0.2, 0) is 22.4 Å². The van der Waals surface area contributed by atoms with Gasteiger partial charge in [0, 0.05) is 22.4 Å². The molecule has 0 saturated carbocycles. The Morgan fingerprint density at radius 3 is 0.667 bits per heavy atom. The number of hydrogen-bond acceptors (Lipinski definition) is 0. The fourth-order valence-corrected chi connectivity index (χ4v) is 3.27. The maximum Gasteiger partial charge on any atom is 0 e. The quantitative estimate of drug-likeness (QED) is 0.255. The van der Waals surface area contributed by atoms with Crippen molar-refractivity contribution in [2.24, 2.45) is 23.7 Å². The summed E-state index contributed by atoms with van der Waals surface area (Å²) in [6, 6.07) is 0. The van der Waals surface area contributed by atoms with Crippen molar-refractivity contribution < 1.29 is 22.4 Å². The molecule has 0 unspecified atom stereocenters. The Bertz CT molecular complexity index is 650. The molecule has 0 bridgehead atoms. The zero-order valence-electron chi connectivity index (χ0n) is 22.2. The van der Waals surface area contributed by atoms with Gasteiger partial charge in [0.2, 0.25) is 0 Å². The van der Waals surface area contributed by atoms with Crippen molar-refractivity contribution in [2.45, 2.75) is 81.1 Å². The van der Waals surface area contributed by atoms with Gasteiger partial charge >= 0.3 is 0 Å². The van der Waals surface area contributed by atoms with E-state index in [2.05, 4.69) is 128 Å². The monoisotopic (exact) mass is 521 g/mol. The van der Waals surface area contributed by atoms with Crippen LogP contribution in [0.15, 0.2) is 70.9 Å². The standard InChI is InChI=1S/4C8H11.Nb/c4*1-7(2)8-5-3-4-6-8;/h4*3,5,7H,4H2,1-2H3;/q4*-1;. The molecule has 0 saturated heterocycles. The second-order valence-electron chi connectivity index (χ2n) is 9.57. The molecule has 0 spiro atoms. The minimum Gasteiger partial charge on any atom is -0.269 e. The first kappa shape index (κ1) is 31.7. The Hall–Kier alpha value is -1.34. The summed E-state index contributed by atoms with van der Waals surface area (Å²) in [4.78, 5) is 0. The van der Waals surface area contributed by atoms with E-state index in [1.54, 1.807) is 0 Å². The van der Waals surface area contributed by atoms with Crippen LogP contribution in [0.3, 0.4) is 0 Å². The van der Waals surface area contributed by atoms with Gasteiger partial charge in [0.25, 0.3) is 0 Å². The Kier molecular flexibility index (Phi) is 17.3. The summed E-state index contributed by atoms with van der Waals surface area (Å²) in [5.74, 6) is 2.64. The van der Waals surface area contributed by atoms with E-state index in [1.807, 2.05) is 0 Å². The van der Waals surface area contributed by atoms with Crippen molar-refractivity contribution >= 4 is 0 Å². The molecule has 4 rings (SSSR count). The van der Waals surface area contributed by atoms with Gasteiger partial charge in [-0.2, -0.15) is 24.3 Å². The molecule has 0 atom stereocenters. The molecule has 1 radical (unpaired) electrons.